The Morgan fingerprint density at radius 3 is 1.95 bits per heavy atom. The maximum Gasteiger partial charge on any atom is 0.126 e. The van der Waals surface area contributed by atoms with Crippen molar-refractivity contribution in [3.05, 3.63) is 35.4 Å². The zero-order valence-electron chi connectivity index (χ0n) is 13.8. The Bertz CT molecular complexity index is 403. The molecule has 1 rings (SSSR count). The highest BCUT2D eigenvalue weighted by Gasteiger charge is 2.31. The van der Waals surface area contributed by atoms with Crippen LogP contribution in [0.2, 0.25) is 0 Å². The number of halogens is 2. The van der Waals surface area contributed by atoms with E-state index >= 15 is 0 Å². The minimum absolute atomic E-state index is 0.179. The Kier molecular flexibility index (Phi) is 7.30. The summed E-state index contributed by atoms with van der Waals surface area (Å²) in [6, 6.07) is 3.96. The minimum Gasteiger partial charge on any atom is -0.316 e. The average molecular weight is 297 g/mol. The molecule has 1 nitrogen and oxygen atoms in total. The van der Waals surface area contributed by atoms with Gasteiger partial charge in [-0.2, -0.15) is 0 Å². The Morgan fingerprint density at radius 1 is 1.00 bits per heavy atom. The van der Waals surface area contributed by atoms with E-state index in [9.17, 15) is 8.78 Å². The summed E-state index contributed by atoms with van der Waals surface area (Å²) in [5.74, 6) is -0.397. The highest BCUT2D eigenvalue weighted by atomic mass is 19.1. The third kappa shape index (κ3) is 5.39. The molecule has 120 valence electrons. The van der Waals surface area contributed by atoms with Crippen LogP contribution in [0.4, 0.5) is 8.78 Å². The smallest absolute Gasteiger partial charge is 0.126 e. The number of rotatable bonds is 9. The van der Waals surface area contributed by atoms with Crippen molar-refractivity contribution in [3.63, 3.8) is 0 Å². The lowest BCUT2D eigenvalue weighted by Crippen LogP contribution is -2.39. The molecule has 0 amide bonds. The lowest BCUT2D eigenvalue weighted by atomic mass is 9.73. The Balaban J connectivity index is 3.07. The van der Waals surface area contributed by atoms with Crippen molar-refractivity contribution in [3.8, 4) is 0 Å². The van der Waals surface area contributed by atoms with E-state index < -0.39 is 11.6 Å². The van der Waals surface area contributed by atoms with Crippen molar-refractivity contribution >= 4 is 0 Å². The van der Waals surface area contributed by atoms with Crippen LogP contribution in [0, 0.1) is 17.6 Å². The molecule has 0 aliphatic rings. The van der Waals surface area contributed by atoms with Gasteiger partial charge in [0.2, 0.25) is 0 Å². The van der Waals surface area contributed by atoms with Crippen LogP contribution in [0.25, 0.3) is 0 Å². The molecule has 0 heterocycles. The van der Waals surface area contributed by atoms with Gasteiger partial charge in [-0.05, 0) is 43.0 Å². The minimum atomic E-state index is -0.481. The molecule has 0 aliphatic heterocycles. The summed E-state index contributed by atoms with van der Waals surface area (Å²) in [5, 5.41) is 3.49. The third-order valence-electron chi connectivity index (χ3n) is 3.95. The average Bonchev–Trinajstić information content (AvgIpc) is 2.37. The number of hydrogen-bond donors (Lipinski definition) is 1. The first-order valence-electron chi connectivity index (χ1n) is 8.10. The molecule has 0 saturated carbocycles. The Labute approximate surface area is 128 Å². The van der Waals surface area contributed by atoms with Crippen LogP contribution < -0.4 is 5.32 Å². The molecular weight excluding hydrogens is 268 g/mol. The van der Waals surface area contributed by atoms with E-state index in [4.69, 9.17) is 0 Å². The first kappa shape index (κ1) is 18.1. The van der Waals surface area contributed by atoms with Crippen LogP contribution in [-0.4, -0.2) is 13.1 Å². The van der Waals surface area contributed by atoms with Crippen LogP contribution in [0.1, 0.15) is 58.9 Å². The van der Waals surface area contributed by atoms with Gasteiger partial charge in [0.15, 0.2) is 0 Å². The molecule has 1 N–H and O–H groups in total. The molecule has 0 fully saturated rings. The van der Waals surface area contributed by atoms with Crippen molar-refractivity contribution in [1.82, 2.24) is 5.32 Å². The van der Waals surface area contributed by atoms with Gasteiger partial charge in [0.1, 0.15) is 11.6 Å². The maximum atomic E-state index is 13.6. The van der Waals surface area contributed by atoms with Gasteiger partial charge in [0, 0.05) is 18.0 Å². The van der Waals surface area contributed by atoms with Crippen molar-refractivity contribution < 1.29 is 8.78 Å². The monoisotopic (exact) mass is 297 g/mol. The normalized spacial score (nSPS) is 12.1. The number of benzene rings is 1. The largest absolute Gasteiger partial charge is 0.316 e. The van der Waals surface area contributed by atoms with Gasteiger partial charge in [-0.25, -0.2) is 8.78 Å². The van der Waals surface area contributed by atoms with Gasteiger partial charge in [0.05, 0.1) is 0 Å². The van der Waals surface area contributed by atoms with E-state index in [1.54, 1.807) is 0 Å². The lowest BCUT2D eigenvalue weighted by Gasteiger charge is -2.35. The van der Waals surface area contributed by atoms with Crippen LogP contribution in [-0.2, 0) is 5.41 Å². The summed E-state index contributed by atoms with van der Waals surface area (Å²) in [7, 11) is 0. The Morgan fingerprint density at radius 2 is 1.52 bits per heavy atom. The zero-order valence-corrected chi connectivity index (χ0v) is 13.8. The van der Waals surface area contributed by atoms with Gasteiger partial charge >= 0.3 is 0 Å². The third-order valence-corrected chi connectivity index (χ3v) is 3.95. The molecule has 0 aromatic heterocycles. The fourth-order valence-electron chi connectivity index (χ4n) is 3.11. The summed E-state index contributed by atoms with van der Waals surface area (Å²) in [6.45, 7) is 10.3. The topological polar surface area (TPSA) is 12.0 Å². The van der Waals surface area contributed by atoms with Gasteiger partial charge < -0.3 is 5.32 Å². The summed E-state index contributed by atoms with van der Waals surface area (Å²) < 4.78 is 27.3. The summed E-state index contributed by atoms with van der Waals surface area (Å²) in [6.07, 6.45) is 3.88. The van der Waals surface area contributed by atoms with E-state index in [-0.39, 0.29) is 5.41 Å². The standard InChI is InChI=1S/C18H29F2N/c1-5-7-18(8-6-2,13-21-12-14(3)4)15-9-16(19)11-17(20)10-15/h9-11,14,21H,5-8,12-13H2,1-4H3. The summed E-state index contributed by atoms with van der Waals surface area (Å²) in [4.78, 5) is 0. The van der Waals surface area contributed by atoms with Gasteiger partial charge in [0.25, 0.3) is 0 Å². The molecule has 1 aromatic carbocycles. The highest BCUT2D eigenvalue weighted by Crippen LogP contribution is 2.35. The fraction of sp³-hybridized carbons (Fsp3) is 0.667. The number of nitrogens with one attached hydrogen (secondary N) is 1. The predicted molar refractivity (Wildman–Crippen MR) is 85.6 cm³/mol. The fourth-order valence-corrected chi connectivity index (χ4v) is 3.11. The van der Waals surface area contributed by atoms with Crippen molar-refractivity contribution in [1.29, 1.82) is 0 Å². The van der Waals surface area contributed by atoms with Crippen LogP contribution >= 0.6 is 0 Å². The van der Waals surface area contributed by atoms with Crippen LogP contribution in [0.15, 0.2) is 18.2 Å². The predicted octanol–water partition coefficient (Wildman–Crippen LogP) is 5.05. The molecule has 1 aromatic rings. The maximum absolute atomic E-state index is 13.6. The SMILES string of the molecule is CCCC(CCC)(CNCC(C)C)c1cc(F)cc(F)c1. The molecule has 3 heteroatoms. The lowest BCUT2D eigenvalue weighted by molar-refractivity contribution is 0.326. The molecular formula is C18H29F2N. The second-order valence-corrected chi connectivity index (χ2v) is 6.46. The highest BCUT2D eigenvalue weighted by molar-refractivity contribution is 5.28. The van der Waals surface area contributed by atoms with Crippen LogP contribution in [0.5, 0.6) is 0 Å². The first-order chi connectivity index (χ1) is 9.93. The molecule has 0 spiro atoms. The van der Waals surface area contributed by atoms with E-state index in [0.29, 0.717) is 5.92 Å². The molecule has 21 heavy (non-hydrogen) atoms. The van der Waals surface area contributed by atoms with Crippen LogP contribution in [0.3, 0.4) is 0 Å². The molecule has 0 radical (unpaired) electrons. The van der Waals surface area contributed by atoms with Gasteiger partial charge in [-0.15, -0.1) is 0 Å². The second kappa shape index (κ2) is 8.47. The number of hydrogen-bond acceptors (Lipinski definition) is 1. The van der Waals surface area contributed by atoms with Crippen molar-refractivity contribution in [2.45, 2.75) is 58.8 Å². The molecule has 0 saturated heterocycles. The van der Waals surface area contributed by atoms with E-state index in [1.807, 2.05) is 0 Å². The van der Waals surface area contributed by atoms with E-state index in [2.05, 4.69) is 33.0 Å². The molecule has 0 unspecified atom stereocenters. The molecule has 0 atom stereocenters. The second-order valence-electron chi connectivity index (χ2n) is 6.46. The van der Waals surface area contributed by atoms with Crippen molar-refractivity contribution in [2.24, 2.45) is 5.92 Å². The van der Waals surface area contributed by atoms with Gasteiger partial charge in [-0.1, -0.05) is 40.5 Å². The quantitative estimate of drug-likeness (QED) is 0.672. The van der Waals surface area contributed by atoms with Crippen molar-refractivity contribution in [2.75, 3.05) is 13.1 Å². The molecule has 0 aliphatic carbocycles. The van der Waals surface area contributed by atoms with E-state index in [1.165, 1.54) is 12.1 Å². The van der Waals surface area contributed by atoms with E-state index in [0.717, 1.165) is 50.4 Å². The van der Waals surface area contributed by atoms with Gasteiger partial charge in [-0.3, -0.25) is 0 Å². The summed E-state index contributed by atoms with van der Waals surface area (Å²) >= 11 is 0. The zero-order chi connectivity index (χ0) is 15.9. The first-order valence-corrected chi connectivity index (χ1v) is 8.10. The Hall–Kier alpha value is -0.960. The summed E-state index contributed by atoms with van der Waals surface area (Å²) in [5.41, 5.74) is 0.612. The molecule has 0 bridgehead atoms.